The summed E-state index contributed by atoms with van der Waals surface area (Å²) < 4.78 is 2.47. The van der Waals surface area contributed by atoms with Crippen LogP contribution in [0.3, 0.4) is 0 Å². The number of rotatable bonds is 5. The van der Waals surface area contributed by atoms with Gasteiger partial charge in [-0.1, -0.05) is 147 Å². The zero-order chi connectivity index (χ0) is 41.4. The fourth-order valence-corrected chi connectivity index (χ4v) is 13.1. The predicted octanol–water partition coefficient (Wildman–Crippen LogP) is 13.8. The van der Waals surface area contributed by atoms with E-state index in [4.69, 9.17) is 0 Å². The van der Waals surface area contributed by atoms with Gasteiger partial charge in [-0.15, -0.1) is 0 Å². The molecule has 1 aromatic heterocycles. The van der Waals surface area contributed by atoms with E-state index in [-0.39, 0.29) is 11.3 Å². The summed E-state index contributed by atoms with van der Waals surface area (Å²) in [6.45, 7) is 4.77. The lowest BCUT2D eigenvalue weighted by Gasteiger charge is -2.25. The van der Waals surface area contributed by atoms with Gasteiger partial charge in [0.15, 0.2) is 18.2 Å². The molecule has 2 unspecified atom stereocenters. The molecule has 2 nitrogen and oxygen atoms in total. The molecule has 0 fully saturated rings. The van der Waals surface area contributed by atoms with Crippen molar-refractivity contribution in [1.29, 1.82) is 0 Å². The summed E-state index contributed by atoms with van der Waals surface area (Å²) in [6.07, 6.45) is 7.03. The van der Waals surface area contributed by atoms with Crippen LogP contribution in [-0.4, -0.2) is 9.86 Å². The van der Waals surface area contributed by atoms with Crippen LogP contribution in [0.25, 0.3) is 38.6 Å². The third-order valence-corrected chi connectivity index (χ3v) is 15.7. The van der Waals surface area contributed by atoms with Crippen molar-refractivity contribution in [3.63, 3.8) is 0 Å². The third kappa shape index (κ3) is 5.70. The molecule has 0 bridgehead atoms. The lowest BCUT2D eigenvalue weighted by atomic mass is 9.81. The number of hydrogen-bond acceptors (Lipinski definition) is 1. The summed E-state index contributed by atoms with van der Waals surface area (Å²) >= 11 is 0. The van der Waals surface area contributed by atoms with E-state index in [0.717, 1.165) is 22.5 Å². The summed E-state index contributed by atoms with van der Waals surface area (Å²) in [6, 6.07) is 70.8. The van der Waals surface area contributed by atoms with Gasteiger partial charge in [0.1, 0.15) is 5.29 Å². The minimum atomic E-state index is -0.777. The molecule has 1 aliphatic heterocycles. The van der Waals surface area contributed by atoms with Gasteiger partial charge in [-0.25, -0.2) is 0 Å². The SMILES string of the molecule is CC1(C)c2cc(C#CC3=CC4=[P+](c5ccccc5)c5cc(N(c6ccccc6)c6ccccc6)ccc5C4C=C3)ccc2-c2ccc3c4ccccc4n(-c4ccccc4)c3c21. The van der Waals surface area contributed by atoms with Crippen LogP contribution in [-0.2, 0) is 5.41 Å². The molecule has 12 rings (SSSR count). The molecule has 0 spiro atoms. The van der Waals surface area contributed by atoms with Crippen molar-refractivity contribution >= 4 is 62.3 Å². The largest absolute Gasteiger partial charge is 0.310 e. The van der Waals surface area contributed by atoms with Gasteiger partial charge in [-0.2, -0.15) is 0 Å². The molecule has 2 atom stereocenters. The van der Waals surface area contributed by atoms with Crippen LogP contribution in [0.5, 0.6) is 0 Å². The van der Waals surface area contributed by atoms with Crippen LogP contribution in [0.2, 0.25) is 0 Å². The Morgan fingerprint density at radius 2 is 1.24 bits per heavy atom. The number of benzene rings is 8. The molecule has 0 saturated carbocycles. The van der Waals surface area contributed by atoms with Crippen LogP contribution in [0.15, 0.2) is 218 Å². The highest BCUT2D eigenvalue weighted by molar-refractivity contribution is 7.74. The van der Waals surface area contributed by atoms with Crippen molar-refractivity contribution in [2.75, 3.05) is 4.90 Å². The van der Waals surface area contributed by atoms with Crippen molar-refractivity contribution in [2.45, 2.75) is 25.2 Å². The fraction of sp³-hybridized carbons (Fsp3) is 0.0678. The first kappa shape index (κ1) is 36.4. The molecular formula is C59H42N2P+. The second-order valence-corrected chi connectivity index (χ2v) is 19.2. The molecule has 2 heterocycles. The van der Waals surface area contributed by atoms with E-state index >= 15 is 0 Å². The van der Waals surface area contributed by atoms with Gasteiger partial charge >= 0.3 is 0 Å². The van der Waals surface area contributed by atoms with Crippen LogP contribution in [0.1, 0.15) is 42.0 Å². The van der Waals surface area contributed by atoms with E-state index in [1.807, 2.05) is 0 Å². The lowest BCUT2D eigenvalue weighted by molar-refractivity contribution is 0.663. The zero-order valence-electron chi connectivity index (χ0n) is 34.6. The maximum Gasteiger partial charge on any atom is 0.174 e. The molecule has 3 aliphatic rings. The van der Waals surface area contributed by atoms with E-state index in [2.05, 4.69) is 248 Å². The van der Waals surface area contributed by atoms with Crippen molar-refractivity contribution in [3.8, 4) is 28.7 Å². The number of nitrogens with zero attached hydrogens (tertiary/aromatic N) is 2. The normalized spacial score (nSPS) is 16.0. The first-order chi connectivity index (χ1) is 30.5. The van der Waals surface area contributed by atoms with Crippen LogP contribution in [0, 0.1) is 11.8 Å². The molecule has 0 amide bonds. The van der Waals surface area contributed by atoms with Gasteiger partial charge in [0, 0.05) is 62.1 Å². The first-order valence-electron chi connectivity index (χ1n) is 21.5. The highest BCUT2D eigenvalue weighted by Crippen LogP contribution is 2.53. The number of anilines is 3. The molecule has 2 aliphatic carbocycles. The molecule has 8 aromatic carbocycles. The molecule has 0 radical (unpaired) electrons. The summed E-state index contributed by atoms with van der Waals surface area (Å²) in [4.78, 5) is 2.37. The second kappa shape index (κ2) is 14.4. The third-order valence-electron chi connectivity index (χ3n) is 13.1. The van der Waals surface area contributed by atoms with Gasteiger partial charge in [0.2, 0.25) is 0 Å². The number of para-hydroxylation sites is 4. The maximum atomic E-state index is 3.64. The number of allylic oxidation sites excluding steroid dienone is 4. The van der Waals surface area contributed by atoms with Crippen molar-refractivity contribution in [1.82, 2.24) is 4.57 Å². The van der Waals surface area contributed by atoms with E-state index in [0.29, 0.717) is 0 Å². The van der Waals surface area contributed by atoms with Crippen LogP contribution < -0.4 is 15.5 Å². The monoisotopic (exact) mass is 809 g/mol. The number of aromatic nitrogens is 1. The Hall–Kier alpha value is -7.43. The standard InChI is InChI=1S/C59H42N2P/c1-59(2)53-37-40(29-32-47(53)51-35-36-52-48-25-15-16-26-54(48)61(58(52)57(51)59)44-21-11-5-12-22-44)27-28-41-30-33-49-50-34-31-45(39-56(50)62(55(49)38-41)46-23-13-6-14-24-46)60(42-17-7-3-8-18-42)43-19-9-4-10-20-43/h3-26,29-39,49H,1-2H3/q+1. The van der Waals surface area contributed by atoms with Gasteiger partial charge in [-0.3, -0.25) is 0 Å². The Labute approximate surface area is 364 Å². The van der Waals surface area contributed by atoms with Gasteiger partial charge < -0.3 is 9.47 Å². The van der Waals surface area contributed by atoms with Crippen molar-refractivity contribution in [2.24, 2.45) is 0 Å². The summed E-state index contributed by atoms with van der Waals surface area (Å²) in [7, 11) is -0.777. The molecule has 9 aromatic rings. The van der Waals surface area contributed by atoms with E-state index < -0.39 is 7.55 Å². The van der Waals surface area contributed by atoms with Crippen LogP contribution >= 0.6 is 7.55 Å². The van der Waals surface area contributed by atoms with Gasteiger partial charge in [-0.05, 0) is 101 Å². The molecule has 0 saturated heterocycles. The fourth-order valence-electron chi connectivity index (χ4n) is 10.3. The van der Waals surface area contributed by atoms with Crippen LogP contribution in [0.4, 0.5) is 17.1 Å². The molecule has 292 valence electrons. The van der Waals surface area contributed by atoms with Gasteiger partial charge in [0.25, 0.3) is 0 Å². The van der Waals surface area contributed by atoms with E-state index in [9.17, 15) is 0 Å². The Morgan fingerprint density at radius 3 is 1.98 bits per heavy atom. The Balaban J connectivity index is 0.941. The molecule has 0 N–H and O–H groups in total. The first-order valence-corrected chi connectivity index (χ1v) is 22.8. The molecular weight excluding hydrogens is 768 g/mol. The Bertz CT molecular complexity index is 3380. The minimum absolute atomic E-state index is 0.223. The second-order valence-electron chi connectivity index (χ2n) is 17.0. The average molecular weight is 810 g/mol. The summed E-state index contributed by atoms with van der Waals surface area (Å²) in [5, 5.41) is 6.80. The van der Waals surface area contributed by atoms with Crippen molar-refractivity contribution < 1.29 is 0 Å². The van der Waals surface area contributed by atoms with Crippen molar-refractivity contribution in [3.05, 3.63) is 240 Å². The highest BCUT2D eigenvalue weighted by Gasteiger charge is 2.42. The summed E-state index contributed by atoms with van der Waals surface area (Å²) in [5.41, 5.74) is 15.7. The number of fused-ring (bicyclic) bond motifs is 10. The van der Waals surface area contributed by atoms with E-state index in [1.165, 1.54) is 76.9 Å². The van der Waals surface area contributed by atoms with Gasteiger partial charge in [0.05, 0.1) is 22.6 Å². The summed E-state index contributed by atoms with van der Waals surface area (Å²) in [5.74, 6) is 7.50. The molecule has 3 heteroatoms. The predicted molar refractivity (Wildman–Crippen MR) is 264 cm³/mol. The quantitative estimate of drug-likeness (QED) is 0.124. The minimum Gasteiger partial charge on any atom is -0.310 e. The smallest absolute Gasteiger partial charge is 0.174 e. The average Bonchev–Trinajstić information content (AvgIpc) is 3.91. The zero-order valence-corrected chi connectivity index (χ0v) is 35.5. The maximum absolute atomic E-state index is 3.64. The number of hydrogen-bond donors (Lipinski definition) is 0. The Morgan fingerprint density at radius 1 is 0.581 bits per heavy atom. The molecule has 62 heavy (non-hydrogen) atoms. The highest BCUT2D eigenvalue weighted by atomic mass is 31.1. The Kier molecular flexibility index (Phi) is 8.43. The van der Waals surface area contributed by atoms with E-state index in [1.54, 1.807) is 0 Å². The lowest BCUT2D eigenvalue weighted by Crippen LogP contribution is -2.16. The topological polar surface area (TPSA) is 8.17 Å².